The first-order valence-electron chi connectivity index (χ1n) is 6.79. The molecule has 0 saturated heterocycles. The van der Waals surface area contributed by atoms with E-state index < -0.39 is 0 Å². The molecular formula is C13H29N3O. The van der Waals surface area contributed by atoms with Crippen molar-refractivity contribution in [2.45, 2.75) is 53.0 Å². The summed E-state index contributed by atoms with van der Waals surface area (Å²) in [7, 11) is 0. The maximum Gasteiger partial charge on any atom is 0.191 e. The second-order valence-corrected chi connectivity index (χ2v) is 4.69. The van der Waals surface area contributed by atoms with Crippen molar-refractivity contribution in [3.05, 3.63) is 0 Å². The van der Waals surface area contributed by atoms with Gasteiger partial charge in [0.25, 0.3) is 0 Å². The molecule has 0 heterocycles. The van der Waals surface area contributed by atoms with E-state index in [4.69, 9.17) is 5.11 Å². The monoisotopic (exact) mass is 243 g/mol. The predicted octanol–water partition coefficient (Wildman–Crippen LogP) is 1.75. The number of aliphatic hydroxyl groups excluding tert-OH is 1. The lowest BCUT2D eigenvalue weighted by atomic mass is 10.0. The Balaban J connectivity index is 4.25. The molecule has 0 bridgehead atoms. The molecule has 0 aromatic heterocycles. The van der Waals surface area contributed by atoms with Crippen LogP contribution >= 0.6 is 0 Å². The number of hydrogen-bond acceptors (Lipinski definition) is 2. The van der Waals surface area contributed by atoms with E-state index in [-0.39, 0.29) is 6.61 Å². The van der Waals surface area contributed by atoms with Crippen LogP contribution in [-0.2, 0) is 0 Å². The molecule has 0 aliphatic rings. The predicted molar refractivity (Wildman–Crippen MR) is 74.4 cm³/mol. The summed E-state index contributed by atoms with van der Waals surface area (Å²) >= 11 is 0. The molecule has 0 saturated carbocycles. The molecule has 0 aromatic carbocycles. The van der Waals surface area contributed by atoms with Crippen LogP contribution in [0.5, 0.6) is 0 Å². The van der Waals surface area contributed by atoms with E-state index in [0.29, 0.717) is 12.0 Å². The van der Waals surface area contributed by atoms with Gasteiger partial charge in [-0.2, -0.15) is 0 Å². The minimum absolute atomic E-state index is 0.258. The van der Waals surface area contributed by atoms with Gasteiger partial charge in [0.05, 0.1) is 0 Å². The number of guanidine groups is 1. The molecule has 0 amide bonds. The highest BCUT2D eigenvalue weighted by molar-refractivity contribution is 5.79. The normalized spacial score (nSPS) is 13.9. The minimum Gasteiger partial charge on any atom is -0.396 e. The van der Waals surface area contributed by atoms with Crippen LogP contribution in [0, 0.1) is 5.92 Å². The van der Waals surface area contributed by atoms with E-state index in [0.717, 1.165) is 38.3 Å². The van der Waals surface area contributed by atoms with Crippen LogP contribution in [0.15, 0.2) is 4.99 Å². The lowest BCUT2D eigenvalue weighted by molar-refractivity contribution is 0.253. The highest BCUT2D eigenvalue weighted by Gasteiger charge is 2.07. The summed E-state index contributed by atoms with van der Waals surface area (Å²) in [6.07, 6.45) is 3.12. The molecule has 102 valence electrons. The zero-order valence-corrected chi connectivity index (χ0v) is 11.8. The van der Waals surface area contributed by atoms with E-state index in [1.165, 1.54) is 0 Å². The van der Waals surface area contributed by atoms with Crippen LogP contribution in [0.25, 0.3) is 0 Å². The molecule has 0 spiro atoms. The number of aliphatic imine (C=N–C) groups is 1. The van der Waals surface area contributed by atoms with Gasteiger partial charge in [-0.1, -0.05) is 13.3 Å². The molecule has 0 aliphatic heterocycles. The summed E-state index contributed by atoms with van der Waals surface area (Å²) in [6, 6.07) is 0.385. The van der Waals surface area contributed by atoms with Gasteiger partial charge in [0, 0.05) is 25.7 Å². The number of hydrogen-bond donors (Lipinski definition) is 3. The fourth-order valence-electron chi connectivity index (χ4n) is 1.73. The summed E-state index contributed by atoms with van der Waals surface area (Å²) in [5.41, 5.74) is 0. The maximum atomic E-state index is 9.00. The van der Waals surface area contributed by atoms with E-state index in [1.807, 2.05) is 0 Å². The summed E-state index contributed by atoms with van der Waals surface area (Å²) in [5.74, 6) is 1.37. The average Bonchev–Trinajstić information content (AvgIpc) is 2.26. The zero-order valence-electron chi connectivity index (χ0n) is 11.8. The number of aliphatic hydroxyl groups is 1. The Morgan fingerprint density at radius 1 is 1.24 bits per heavy atom. The Kier molecular flexibility index (Phi) is 9.92. The molecule has 17 heavy (non-hydrogen) atoms. The fraction of sp³-hybridized carbons (Fsp3) is 0.923. The zero-order chi connectivity index (χ0) is 13.1. The van der Waals surface area contributed by atoms with Crippen molar-refractivity contribution in [2.75, 3.05) is 19.7 Å². The first kappa shape index (κ1) is 16.2. The van der Waals surface area contributed by atoms with E-state index in [9.17, 15) is 0 Å². The summed E-state index contributed by atoms with van der Waals surface area (Å²) in [5, 5.41) is 15.5. The minimum atomic E-state index is 0.258. The summed E-state index contributed by atoms with van der Waals surface area (Å²) < 4.78 is 0. The fourth-order valence-corrected chi connectivity index (χ4v) is 1.73. The van der Waals surface area contributed by atoms with Crippen molar-refractivity contribution in [3.63, 3.8) is 0 Å². The van der Waals surface area contributed by atoms with Crippen molar-refractivity contribution < 1.29 is 5.11 Å². The van der Waals surface area contributed by atoms with Crippen molar-refractivity contribution in [3.8, 4) is 0 Å². The van der Waals surface area contributed by atoms with E-state index in [2.05, 4.69) is 43.3 Å². The Morgan fingerprint density at radius 3 is 2.41 bits per heavy atom. The lowest BCUT2D eigenvalue weighted by Crippen LogP contribution is -2.41. The Morgan fingerprint density at radius 2 is 1.94 bits per heavy atom. The molecular weight excluding hydrogens is 214 g/mol. The smallest absolute Gasteiger partial charge is 0.191 e. The van der Waals surface area contributed by atoms with Crippen LogP contribution in [0.4, 0.5) is 0 Å². The topological polar surface area (TPSA) is 56.7 Å². The standard InChI is InChI=1S/C13H29N3O/c1-5-7-12(8-9-17)10-15-13(14-6-2)16-11(3)4/h11-12,17H,5-10H2,1-4H3,(H2,14,15,16). The number of rotatable bonds is 8. The second-order valence-electron chi connectivity index (χ2n) is 4.69. The van der Waals surface area contributed by atoms with Crippen molar-refractivity contribution >= 4 is 5.96 Å². The van der Waals surface area contributed by atoms with Crippen molar-refractivity contribution in [2.24, 2.45) is 10.9 Å². The molecule has 0 fully saturated rings. The first-order chi connectivity index (χ1) is 8.13. The van der Waals surface area contributed by atoms with Crippen LogP contribution in [-0.4, -0.2) is 36.8 Å². The highest BCUT2D eigenvalue weighted by atomic mass is 16.3. The molecule has 1 unspecified atom stereocenters. The van der Waals surface area contributed by atoms with Crippen LogP contribution in [0.1, 0.15) is 47.0 Å². The largest absolute Gasteiger partial charge is 0.396 e. The van der Waals surface area contributed by atoms with Crippen LogP contribution < -0.4 is 10.6 Å². The molecule has 0 aromatic rings. The van der Waals surface area contributed by atoms with Gasteiger partial charge in [-0.05, 0) is 39.5 Å². The third kappa shape index (κ3) is 8.98. The lowest BCUT2D eigenvalue weighted by Gasteiger charge is -2.16. The van der Waals surface area contributed by atoms with Gasteiger partial charge in [0.15, 0.2) is 5.96 Å². The Bertz CT molecular complexity index is 199. The van der Waals surface area contributed by atoms with Crippen LogP contribution in [0.2, 0.25) is 0 Å². The van der Waals surface area contributed by atoms with E-state index >= 15 is 0 Å². The Hall–Kier alpha value is -0.770. The number of nitrogens with zero attached hydrogens (tertiary/aromatic N) is 1. The second kappa shape index (κ2) is 10.4. The molecule has 3 N–H and O–H groups in total. The van der Waals surface area contributed by atoms with Crippen LogP contribution in [0.3, 0.4) is 0 Å². The van der Waals surface area contributed by atoms with Gasteiger partial charge < -0.3 is 15.7 Å². The van der Waals surface area contributed by atoms with Crippen molar-refractivity contribution in [1.29, 1.82) is 0 Å². The molecule has 4 heteroatoms. The SMILES string of the molecule is CCCC(CCO)CN=C(NCC)NC(C)C. The van der Waals surface area contributed by atoms with Crippen molar-refractivity contribution in [1.82, 2.24) is 10.6 Å². The van der Waals surface area contributed by atoms with Gasteiger partial charge in [0.2, 0.25) is 0 Å². The quantitative estimate of drug-likeness (QED) is 0.450. The summed E-state index contributed by atoms with van der Waals surface area (Å²) in [6.45, 7) is 10.4. The molecule has 0 rings (SSSR count). The van der Waals surface area contributed by atoms with E-state index in [1.54, 1.807) is 0 Å². The molecule has 0 aliphatic carbocycles. The molecule has 4 nitrogen and oxygen atoms in total. The van der Waals surface area contributed by atoms with Gasteiger partial charge in [-0.15, -0.1) is 0 Å². The van der Waals surface area contributed by atoms with Gasteiger partial charge in [-0.25, -0.2) is 0 Å². The highest BCUT2D eigenvalue weighted by Crippen LogP contribution is 2.10. The average molecular weight is 243 g/mol. The van der Waals surface area contributed by atoms with Gasteiger partial charge in [-0.3, -0.25) is 4.99 Å². The summed E-state index contributed by atoms with van der Waals surface area (Å²) in [4.78, 5) is 4.57. The Labute approximate surface area is 106 Å². The number of nitrogens with one attached hydrogen (secondary N) is 2. The van der Waals surface area contributed by atoms with Gasteiger partial charge in [0.1, 0.15) is 0 Å². The third-order valence-corrected chi connectivity index (χ3v) is 2.51. The first-order valence-corrected chi connectivity index (χ1v) is 6.79. The third-order valence-electron chi connectivity index (χ3n) is 2.51. The maximum absolute atomic E-state index is 9.00. The molecule has 0 radical (unpaired) electrons. The molecule has 1 atom stereocenters. The van der Waals surface area contributed by atoms with Gasteiger partial charge >= 0.3 is 0 Å².